The molecule has 0 fully saturated rings. The first-order valence-electron chi connectivity index (χ1n) is 8.99. The lowest BCUT2D eigenvalue weighted by Crippen LogP contribution is -2.25. The highest BCUT2D eigenvalue weighted by atomic mass is 32.2. The van der Waals surface area contributed by atoms with Crippen LogP contribution in [0.3, 0.4) is 0 Å². The van der Waals surface area contributed by atoms with E-state index in [0.29, 0.717) is 12.1 Å². The van der Waals surface area contributed by atoms with Crippen molar-refractivity contribution in [3.8, 4) is 0 Å². The quantitative estimate of drug-likeness (QED) is 0.678. The molecule has 0 radical (unpaired) electrons. The van der Waals surface area contributed by atoms with Crippen molar-refractivity contribution >= 4 is 29.1 Å². The number of benzene rings is 3. The van der Waals surface area contributed by atoms with Crippen LogP contribution in [-0.4, -0.2) is 18.2 Å². The Kier molecular flexibility index (Phi) is 5.07. The van der Waals surface area contributed by atoms with Crippen LogP contribution in [0.1, 0.15) is 28.4 Å². The highest BCUT2D eigenvalue weighted by Gasteiger charge is 2.16. The molecular weight excluding hydrogens is 352 g/mol. The number of rotatable bonds is 4. The maximum atomic E-state index is 12.5. The van der Waals surface area contributed by atoms with E-state index in [1.165, 1.54) is 10.5 Å². The van der Waals surface area contributed by atoms with Gasteiger partial charge in [0.1, 0.15) is 0 Å². The maximum Gasteiger partial charge on any atom is 0.251 e. The molecule has 3 aromatic carbocycles. The molecule has 0 aliphatic carbocycles. The van der Waals surface area contributed by atoms with Crippen LogP contribution in [0.4, 0.5) is 5.69 Å². The molecule has 0 saturated heterocycles. The molecule has 1 heterocycles. The average Bonchev–Trinajstić information content (AvgIpc) is 2.84. The molecule has 0 bridgehead atoms. The Morgan fingerprint density at radius 2 is 1.74 bits per heavy atom. The molecule has 1 amide bonds. The molecule has 0 saturated carbocycles. The van der Waals surface area contributed by atoms with E-state index in [9.17, 15) is 4.79 Å². The molecule has 0 unspecified atom stereocenters. The predicted octanol–water partition coefficient (Wildman–Crippen LogP) is 5.26. The summed E-state index contributed by atoms with van der Waals surface area (Å²) in [4.78, 5) is 19.6. The van der Waals surface area contributed by atoms with E-state index in [1.54, 1.807) is 11.8 Å². The van der Waals surface area contributed by atoms with E-state index in [1.807, 2.05) is 55.5 Å². The van der Waals surface area contributed by atoms with Gasteiger partial charge >= 0.3 is 0 Å². The van der Waals surface area contributed by atoms with Gasteiger partial charge in [0.2, 0.25) is 0 Å². The zero-order valence-corrected chi connectivity index (χ0v) is 15.9. The molecule has 4 heteroatoms. The first kappa shape index (κ1) is 17.6. The summed E-state index contributed by atoms with van der Waals surface area (Å²) in [7, 11) is 0. The number of hydrogen-bond donors (Lipinski definition) is 1. The van der Waals surface area contributed by atoms with Gasteiger partial charge in [-0.25, -0.2) is 0 Å². The molecule has 27 heavy (non-hydrogen) atoms. The third kappa shape index (κ3) is 3.96. The lowest BCUT2D eigenvalue weighted by Gasteiger charge is -2.08. The van der Waals surface area contributed by atoms with Crippen molar-refractivity contribution in [1.82, 2.24) is 5.32 Å². The van der Waals surface area contributed by atoms with Gasteiger partial charge < -0.3 is 5.32 Å². The lowest BCUT2D eigenvalue weighted by atomic mass is 10.1. The normalized spacial score (nSPS) is 12.4. The Morgan fingerprint density at radius 1 is 0.963 bits per heavy atom. The Morgan fingerprint density at radius 3 is 2.59 bits per heavy atom. The number of carbonyl (C=O) groups is 1. The topological polar surface area (TPSA) is 41.5 Å². The molecule has 0 aromatic heterocycles. The fourth-order valence-corrected chi connectivity index (χ4v) is 4.17. The average molecular weight is 372 g/mol. The molecule has 3 nitrogen and oxygen atoms in total. The molecule has 1 aliphatic heterocycles. The minimum absolute atomic E-state index is 0.0617. The number of hydrogen-bond acceptors (Lipinski definition) is 3. The van der Waals surface area contributed by atoms with Gasteiger partial charge in [-0.1, -0.05) is 60.3 Å². The van der Waals surface area contributed by atoms with Gasteiger partial charge in [-0.15, -0.1) is 0 Å². The minimum atomic E-state index is -0.0617. The van der Waals surface area contributed by atoms with Crippen LogP contribution in [0, 0.1) is 0 Å². The summed E-state index contributed by atoms with van der Waals surface area (Å²) in [5.74, 6) is -0.0617. The molecule has 3 aromatic rings. The fraction of sp³-hybridized carbons (Fsp3) is 0.130. The summed E-state index contributed by atoms with van der Waals surface area (Å²) in [6, 6.07) is 24.2. The van der Waals surface area contributed by atoms with Crippen LogP contribution in [-0.2, 0) is 6.42 Å². The highest BCUT2D eigenvalue weighted by molar-refractivity contribution is 7.99. The van der Waals surface area contributed by atoms with Gasteiger partial charge in [0.15, 0.2) is 0 Å². The van der Waals surface area contributed by atoms with Crippen LogP contribution >= 0.6 is 11.8 Å². The van der Waals surface area contributed by atoms with Crippen molar-refractivity contribution in [3.63, 3.8) is 0 Å². The standard InChI is InChI=1S/C23H20N2OS/c1-16-19-9-5-6-10-21(19)27-22-12-11-18(15-20(22)25-16)23(26)24-14-13-17-7-3-2-4-8-17/h2-12,15H,13-14H2,1H3,(H,24,26). The van der Waals surface area contributed by atoms with Crippen LogP contribution < -0.4 is 5.32 Å². The number of fused-ring (bicyclic) bond motifs is 2. The van der Waals surface area contributed by atoms with Crippen molar-refractivity contribution in [2.75, 3.05) is 6.54 Å². The van der Waals surface area contributed by atoms with Crippen molar-refractivity contribution in [1.29, 1.82) is 0 Å². The summed E-state index contributed by atoms with van der Waals surface area (Å²) < 4.78 is 0. The summed E-state index contributed by atoms with van der Waals surface area (Å²) in [6.45, 7) is 2.63. The van der Waals surface area contributed by atoms with Crippen molar-refractivity contribution in [3.05, 3.63) is 89.5 Å². The first-order valence-corrected chi connectivity index (χ1v) is 9.81. The highest BCUT2D eigenvalue weighted by Crippen LogP contribution is 2.40. The molecule has 4 rings (SSSR count). The predicted molar refractivity (Wildman–Crippen MR) is 111 cm³/mol. The zero-order valence-electron chi connectivity index (χ0n) is 15.1. The van der Waals surface area contributed by atoms with Gasteiger partial charge in [0.05, 0.1) is 5.69 Å². The SMILES string of the molecule is CC1=Nc2cc(C(=O)NCCc3ccccc3)ccc2Sc2ccccc21. The Labute approximate surface area is 163 Å². The van der Waals surface area contributed by atoms with Gasteiger partial charge in [-0.05, 0) is 43.2 Å². The summed E-state index contributed by atoms with van der Waals surface area (Å²) in [5.41, 5.74) is 4.83. The third-order valence-corrected chi connectivity index (χ3v) is 5.69. The molecule has 134 valence electrons. The maximum absolute atomic E-state index is 12.5. The number of carbonyl (C=O) groups excluding carboxylic acids is 1. The van der Waals surface area contributed by atoms with E-state index in [0.717, 1.165) is 28.3 Å². The van der Waals surface area contributed by atoms with Gasteiger partial charge in [-0.2, -0.15) is 0 Å². The molecule has 1 aliphatic rings. The Bertz CT molecular complexity index is 1010. The Balaban J connectivity index is 1.50. The van der Waals surface area contributed by atoms with Crippen molar-refractivity contribution in [2.24, 2.45) is 4.99 Å². The van der Waals surface area contributed by atoms with Crippen LogP contribution in [0.15, 0.2) is 87.6 Å². The fourth-order valence-electron chi connectivity index (χ4n) is 3.11. The monoisotopic (exact) mass is 372 g/mol. The Hall–Kier alpha value is -2.85. The van der Waals surface area contributed by atoms with E-state index in [2.05, 4.69) is 29.6 Å². The van der Waals surface area contributed by atoms with Crippen LogP contribution in [0.5, 0.6) is 0 Å². The molecule has 0 atom stereocenters. The second kappa shape index (κ2) is 7.80. The lowest BCUT2D eigenvalue weighted by molar-refractivity contribution is 0.0954. The summed E-state index contributed by atoms with van der Waals surface area (Å²) >= 11 is 1.70. The van der Waals surface area contributed by atoms with E-state index in [4.69, 9.17) is 4.99 Å². The second-order valence-corrected chi connectivity index (χ2v) is 7.55. The van der Waals surface area contributed by atoms with Crippen LogP contribution in [0.2, 0.25) is 0 Å². The molecule has 1 N–H and O–H groups in total. The van der Waals surface area contributed by atoms with Crippen LogP contribution in [0.25, 0.3) is 0 Å². The van der Waals surface area contributed by atoms with E-state index < -0.39 is 0 Å². The second-order valence-electron chi connectivity index (χ2n) is 6.47. The van der Waals surface area contributed by atoms with Gasteiger partial charge in [0.25, 0.3) is 5.91 Å². The zero-order chi connectivity index (χ0) is 18.6. The number of aliphatic imine (C=N–C) groups is 1. The van der Waals surface area contributed by atoms with E-state index >= 15 is 0 Å². The number of nitrogens with zero attached hydrogens (tertiary/aromatic N) is 1. The smallest absolute Gasteiger partial charge is 0.251 e. The van der Waals surface area contributed by atoms with Gasteiger partial charge in [-0.3, -0.25) is 9.79 Å². The minimum Gasteiger partial charge on any atom is -0.352 e. The number of nitrogens with one attached hydrogen (secondary N) is 1. The number of amides is 1. The first-order chi connectivity index (χ1) is 13.2. The van der Waals surface area contributed by atoms with Crippen molar-refractivity contribution < 1.29 is 4.79 Å². The molecular formula is C23H20N2OS. The largest absolute Gasteiger partial charge is 0.352 e. The van der Waals surface area contributed by atoms with E-state index in [-0.39, 0.29) is 5.91 Å². The summed E-state index contributed by atoms with van der Waals surface area (Å²) in [6.07, 6.45) is 0.819. The summed E-state index contributed by atoms with van der Waals surface area (Å²) in [5, 5.41) is 3.00. The third-order valence-electron chi connectivity index (χ3n) is 4.55. The van der Waals surface area contributed by atoms with Gasteiger partial charge in [0, 0.05) is 33.2 Å². The van der Waals surface area contributed by atoms with Crippen molar-refractivity contribution in [2.45, 2.75) is 23.1 Å². The molecule has 0 spiro atoms.